The van der Waals surface area contributed by atoms with Crippen molar-refractivity contribution < 1.29 is 4.79 Å². The summed E-state index contributed by atoms with van der Waals surface area (Å²) >= 11 is 0. The Morgan fingerprint density at radius 2 is 1.73 bits per heavy atom. The highest BCUT2D eigenvalue weighted by Crippen LogP contribution is 2.17. The molecule has 1 amide bonds. The van der Waals surface area contributed by atoms with Crippen molar-refractivity contribution in [1.29, 1.82) is 0 Å². The van der Waals surface area contributed by atoms with Crippen LogP contribution in [0.25, 0.3) is 21.8 Å². The zero-order valence-corrected chi connectivity index (χ0v) is 14.2. The Balaban J connectivity index is 1.40. The lowest BCUT2D eigenvalue weighted by Gasteiger charge is -2.06. The number of hydrogen-bond acceptors (Lipinski definition) is 2. The van der Waals surface area contributed by atoms with Crippen LogP contribution in [-0.2, 0) is 17.8 Å². The van der Waals surface area contributed by atoms with E-state index >= 15 is 0 Å². The van der Waals surface area contributed by atoms with Crippen LogP contribution >= 0.6 is 0 Å². The number of H-pyrrole nitrogens is 2. The first-order valence-electron chi connectivity index (χ1n) is 8.63. The maximum atomic E-state index is 12.2. The fourth-order valence-electron chi connectivity index (χ4n) is 3.19. The predicted octanol–water partition coefficient (Wildman–Crippen LogP) is 3.26. The SMILES string of the molecule is O=C(CCc1cc2ccccc2[nH]c1=O)NCc1c[nH]c2ccccc12. The second-order valence-electron chi connectivity index (χ2n) is 6.35. The summed E-state index contributed by atoms with van der Waals surface area (Å²) < 4.78 is 0. The van der Waals surface area contributed by atoms with E-state index in [0.29, 0.717) is 18.5 Å². The van der Waals surface area contributed by atoms with Crippen molar-refractivity contribution in [2.45, 2.75) is 19.4 Å². The summed E-state index contributed by atoms with van der Waals surface area (Å²) in [7, 11) is 0. The third kappa shape index (κ3) is 3.24. The van der Waals surface area contributed by atoms with Gasteiger partial charge < -0.3 is 15.3 Å². The third-order valence-electron chi connectivity index (χ3n) is 4.60. The van der Waals surface area contributed by atoms with Crippen LogP contribution < -0.4 is 10.9 Å². The molecule has 2 aromatic carbocycles. The summed E-state index contributed by atoms with van der Waals surface area (Å²) in [5.41, 5.74) is 3.42. The Bertz CT molecular complexity index is 1140. The van der Waals surface area contributed by atoms with Crippen molar-refractivity contribution in [3.05, 3.63) is 82.3 Å². The molecule has 3 N–H and O–H groups in total. The number of pyridine rings is 1. The number of amides is 1. The highest BCUT2D eigenvalue weighted by atomic mass is 16.1. The Labute approximate surface area is 150 Å². The van der Waals surface area contributed by atoms with Crippen LogP contribution in [0.5, 0.6) is 0 Å². The van der Waals surface area contributed by atoms with Gasteiger partial charge in [-0.3, -0.25) is 9.59 Å². The summed E-state index contributed by atoms with van der Waals surface area (Å²) in [5, 5.41) is 5.02. The van der Waals surface area contributed by atoms with Crippen molar-refractivity contribution >= 4 is 27.7 Å². The molecule has 0 aliphatic rings. The molecule has 0 fully saturated rings. The smallest absolute Gasteiger partial charge is 0.251 e. The molecule has 2 aromatic heterocycles. The Hall–Kier alpha value is -3.34. The molecule has 0 saturated carbocycles. The van der Waals surface area contributed by atoms with Crippen molar-refractivity contribution in [2.75, 3.05) is 0 Å². The average Bonchev–Trinajstić information content (AvgIpc) is 3.08. The number of fused-ring (bicyclic) bond motifs is 2. The molecular formula is C21H19N3O2. The van der Waals surface area contributed by atoms with E-state index in [2.05, 4.69) is 15.3 Å². The molecule has 0 saturated heterocycles. The van der Waals surface area contributed by atoms with E-state index in [0.717, 1.165) is 27.4 Å². The van der Waals surface area contributed by atoms with Crippen LogP contribution in [0.3, 0.4) is 0 Å². The molecule has 0 spiro atoms. The second kappa shape index (κ2) is 6.88. The lowest BCUT2D eigenvalue weighted by Crippen LogP contribution is -2.24. The monoisotopic (exact) mass is 345 g/mol. The first-order chi connectivity index (χ1) is 12.7. The van der Waals surface area contributed by atoms with Crippen LogP contribution in [0.2, 0.25) is 0 Å². The topological polar surface area (TPSA) is 77.8 Å². The Kier molecular flexibility index (Phi) is 4.27. The lowest BCUT2D eigenvalue weighted by molar-refractivity contribution is -0.121. The summed E-state index contributed by atoms with van der Waals surface area (Å²) in [4.78, 5) is 30.4. The largest absolute Gasteiger partial charge is 0.361 e. The van der Waals surface area contributed by atoms with Gasteiger partial charge in [0, 0.05) is 41.1 Å². The number of hydrogen-bond donors (Lipinski definition) is 3. The first kappa shape index (κ1) is 16.1. The van der Waals surface area contributed by atoms with E-state index in [4.69, 9.17) is 0 Å². The van der Waals surface area contributed by atoms with Crippen LogP contribution in [0.1, 0.15) is 17.5 Å². The zero-order chi connectivity index (χ0) is 17.9. The summed E-state index contributed by atoms with van der Waals surface area (Å²) in [5.74, 6) is -0.0668. The molecule has 0 aliphatic heterocycles. The normalized spacial score (nSPS) is 11.1. The van der Waals surface area contributed by atoms with Crippen LogP contribution in [-0.4, -0.2) is 15.9 Å². The molecule has 26 heavy (non-hydrogen) atoms. The van der Waals surface area contributed by atoms with Gasteiger partial charge in [0.15, 0.2) is 0 Å². The standard InChI is InChI=1S/C21H19N3O2/c25-20(23-13-16-12-22-19-8-4-2-6-17(16)19)10-9-15-11-14-5-1-3-7-18(14)24-21(15)26/h1-8,11-12,22H,9-10,13H2,(H,23,25)(H,24,26). The number of carbonyl (C=O) groups is 1. The summed E-state index contributed by atoms with van der Waals surface area (Å²) in [6.45, 7) is 0.469. The first-order valence-corrected chi connectivity index (χ1v) is 8.63. The van der Waals surface area contributed by atoms with Gasteiger partial charge in [-0.15, -0.1) is 0 Å². The number of benzene rings is 2. The second-order valence-corrected chi connectivity index (χ2v) is 6.35. The van der Waals surface area contributed by atoms with E-state index in [-0.39, 0.29) is 17.9 Å². The van der Waals surface area contributed by atoms with Gasteiger partial charge in [-0.05, 0) is 35.6 Å². The zero-order valence-electron chi connectivity index (χ0n) is 14.2. The molecule has 5 heteroatoms. The molecule has 4 aromatic rings. The van der Waals surface area contributed by atoms with Gasteiger partial charge in [0.1, 0.15) is 0 Å². The fraction of sp³-hybridized carbons (Fsp3) is 0.143. The number of aryl methyl sites for hydroxylation is 1. The van der Waals surface area contributed by atoms with Crippen molar-refractivity contribution in [3.8, 4) is 0 Å². The number of para-hydroxylation sites is 2. The van der Waals surface area contributed by atoms with Crippen LogP contribution in [0, 0.1) is 0 Å². The number of aromatic amines is 2. The summed E-state index contributed by atoms with van der Waals surface area (Å²) in [6.07, 6.45) is 2.61. The molecule has 0 aliphatic carbocycles. The van der Waals surface area contributed by atoms with E-state index in [9.17, 15) is 9.59 Å². The minimum atomic E-state index is -0.131. The third-order valence-corrected chi connectivity index (χ3v) is 4.60. The highest BCUT2D eigenvalue weighted by Gasteiger charge is 2.08. The number of carbonyl (C=O) groups excluding carboxylic acids is 1. The minimum absolute atomic E-state index is 0.0668. The number of rotatable bonds is 5. The Morgan fingerprint density at radius 3 is 2.62 bits per heavy atom. The number of nitrogens with one attached hydrogen (secondary N) is 3. The van der Waals surface area contributed by atoms with Gasteiger partial charge in [-0.2, -0.15) is 0 Å². The van der Waals surface area contributed by atoms with E-state index in [1.54, 1.807) is 0 Å². The molecule has 130 valence electrons. The van der Waals surface area contributed by atoms with E-state index in [1.807, 2.05) is 60.8 Å². The van der Waals surface area contributed by atoms with Crippen molar-refractivity contribution in [1.82, 2.24) is 15.3 Å². The molecule has 0 atom stereocenters. The van der Waals surface area contributed by atoms with E-state index < -0.39 is 0 Å². The molecule has 2 heterocycles. The van der Waals surface area contributed by atoms with Gasteiger partial charge in [-0.25, -0.2) is 0 Å². The quantitative estimate of drug-likeness (QED) is 0.519. The van der Waals surface area contributed by atoms with Crippen molar-refractivity contribution in [2.24, 2.45) is 0 Å². The van der Waals surface area contributed by atoms with E-state index in [1.165, 1.54) is 0 Å². The molecule has 0 bridgehead atoms. The molecular weight excluding hydrogens is 326 g/mol. The average molecular weight is 345 g/mol. The summed E-state index contributed by atoms with van der Waals surface area (Å²) in [6, 6.07) is 17.5. The minimum Gasteiger partial charge on any atom is -0.361 e. The molecule has 4 rings (SSSR count). The predicted molar refractivity (Wildman–Crippen MR) is 103 cm³/mol. The maximum absolute atomic E-state index is 12.2. The lowest BCUT2D eigenvalue weighted by atomic mass is 10.1. The Morgan fingerprint density at radius 1 is 0.962 bits per heavy atom. The highest BCUT2D eigenvalue weighted by molar-refractivity contribution is 5.84. The fourth-order valence-corrected chi connectivity index (χ4v) is 3.19. The van der Waals surface area contributed by atoms with Gasteiger partial charge in [-0.1, -0.05) is 36.4 Å². The van der Waals surface area contributed by atoms with Gasteiger partial charge in [0.25, 0.3) is 5.56 Å². The molecule has 0 unspecified atom stereocenters. The van der Waals surface area contributed by atoms with Crippen molar-refractivity contribution in [3.63, 3.8) is 0 Å². The van der Waals surface area contributed by atoms with Gasteiger partial charge >= 0.3 is 0 Å². The number of aromatic nitrogens is 2. The molecule has 5 nitrogen and oxygen atoms in total. The van der Waals surface area contributed by atoms with Crippen LogP contribution in [0.4, 0.5) is 0 Å². The van der Waals surface area contributed by atoms with Crippen LogP contribution in [0.15, 0.2) is 65.6 Å². The molecule has 0 radical (unpaired) electrons. The maximum Gasteiger partial charge on any atom is 0.251 e. The van der Waals surface area contributed by atoms with Gasteiger partial charge in [0.05, 0.1) is 0 Å². The van der Waals surface area contributed by atoms with Gasteiger partial charge in [0.2, 0.25) is 5.91 Å².